The van der Waals surface area contributed by atoms with E-state index in [4.69, 9.17) is 0 Å². The minimum Gasteiger partial charge on any atom is -0.391 e. The molecule has 0 unspecified atom stereocenters. The third-order valence-electron chi connectivity index (χ3n) is 4.60. The number of aliphatic hydroxyl groups excluding tert-OH is 1. The molecule has 0 bridgehead atoms. The maximum atomic E-state index is 12.7. The van der Waals surface area contributed by atoms with Crippen LogP contribution in [0.1, 0.15) is 16.8 Å². The van der Waals surface area contributed by atoms with Gasteiger partial charge in [-0.2, -0.15) is 18.3 Å². The van der Waals surface area contributed by atoms with Gasteiger partial charge in [0.15, 0.2) is 0 Å². The van der Waals surface area contributed by atoms with Crippen molar-refractivity contribution in [3.05, 3.63) is 48.4 Å². The predicted octanol–water partition coefficient (Wildman–Crippen LogP) is 3.30. The normalized spacial score (nSPS) is 16.5. The second kappa shape index (κ2) is 8.55. The number of halogens is 3. The van der Waals surface area contributed by atoms with Crippen LogP contribution in [-0.4, -0.2) is 55.9 Å². The molecule has 0 radical (unpaired) electrons. The van der Waals surface area contributed by atoms with Crippen molar-refractivity contribution in [1.82, 2.24) is 20.2 Å². The largest absolute Gasteiger partial charge is 0.447 e. The fourth-order valence-electron chi connectivity index (χ4n) is 3.21. The molecule has 0 aliphatic carbocycles. The minimum atomic E-state index is -4.43. The number of carbonyl (C=O) groups excluding carboxylic acids is 1. The SMILES string of the molecule is O=C(Nc1ccc(SC(F)(F)F)nc1)c1cnc(N2CC[C@@H](O)C2)c(-c2ccn[nH]2)c1. The highest BCUT2D eigenvalue weighted by Gasteiger charge is 2.30. The average Bonchev–Trinajstić information content (AvgIpc) is 3.40. The first kappa shape index (κ1) is 21.1. The van der Waals surface area contributed by atoms with Gasteiger partial charge < -0.3 is 15.3 Å². The van der Waals surface area contributed by atoms with Crippen LogP contribution in [-0.2, 0) is 0 Å². The fraction of sp³-hybridized carbons (Fsp3) is 0.263. The summed E-state index contributed by atoms with van der Waals surface area (Å²) in [4.78, 5) is 22.8. The van der Waals surface area contributed by atoms with E-state index >= 15 is 0 Å². The number of aromatic amines is 1. The molecule has 31 heavy (non-hydrogen) atoms. The van der Waals surface area contributed by atoms with E-state index in [9.17, 15) is 23.1 Å². The number of H-pyrrole nitrogens is 1. The van der Waals surface area contributed by atoms with Gasteiger partial charge in [-0.3, -0.25) is 9.89 Å². The number of nitrogens with zero attached hydrogens (tertiary/aromatic N) is 4. The van der Waals surface area contributed by atoms with Gasteiger partial charge in [-0.05, 0) is 30.7 Å². The van der Waals surface area contributed by atoms with Crippen LogP contribution >= 0.6 is 11.8 Å². The van der Waals surface area contributed by atoms with Gasteiger partial charge in [0.2, 0.25) is 0 Å². The molecule has 12 heteroatoms. The summed E-state index contributed by atoms with van der Waals surface area (Å²) in [5.74, 6) is 0.131. The summed E-state index contributed by atoms with van der Waals surface area (Å²) < 4.78 is 37.2. The summed E-state index contributed by atoms with van der Waals surface area (Å²) in [5, 5.41) is 19.0. The molecule has 0 saturated carbocycles. The number of aliphatic hydroxyl groups is 1. The highest BCUT2D eigenvalue weighted by atomic mass is 32.2. The molecule has 3 aromatic heterocycles. The van der Waals surface area contributed by atoms with E-state index in [2.05, 4.69) is 25.5 Å². The zero-order valence-corrected chi connectivity index (χ0v) is 16.7. The summed E-state index contributed by atoms with van der Waals surface area (Å²) >= 11 is -0.327. The van der Waals surface area contributed by atoms with Crippen LogP contribution in [0, 0.1) is 0 Å². The van der Waals surface area contributed by atoms with Crippen LogP contribution in [0.3, 0.4) is 0 Å². The van der Waals surface area contributed by atoms with Gasteiger partial charge in [0.25, 0.3) is 5.91 Å². The number of hydrogen-bond acceptors (Lipinski definition) is 7. The molecular formula is C19H17F3N6O2S. The molecule has 4 heterocycles. The molecule has 1 aliphatic rings. The molecule has 0 spiro atoms. The second-order valence-corrected chi connectivity index (χ2v) is 7.93. The van der Waals surface area contributed by atoms with E-state index in [1.54, 1.807) is 18.3 Å². The summed E-state index contributed by atoms with van der Waals surface area (Å²) in [6.07, 6.45) is 4.34. The predicted molar refractivity (Wildman–Crippen MR) is 109 cm³/mol. The van der Waals surface area contributed by atoms with E-state index < -0.39 is 17.5 Å². The second-order valence-electron chi connectivity index (χ2n) is 6.84. The Bertz CT molecular complexity index is 1060. The number of rotatable bonds is 5. The molecule has 1 aliphatic heterocycles. The van der Waals surface area contributed by atoms with Crippen LogP contribution in [0.2, 0.25) is 0 Å². The average molecular weight is 450 g/mol. The lowest BCUT2D eigenvalue weighted by Gasteiger charge is -2.20. The van der Waals surface area contributed by atoms with Gasteiger partial charge in [-0.15, -0.1) is 0 Å². The standard InChI is InChI=1S/C19H17F3N6O2S/c20-19(21,22)31-16-2-1-12(9-23-16)26-18(30)11-7-14(15-3-5-25-27-15)17(24-8-11)28-6-4-13(29)10-28/h1-3,5,7-9,13,29H,4,6,10H2,(H,25,27)(H,26,30)/t13-/m1/s1. The number of aromatic nitrogens is 4. The fourth-order valence-corrected chi connectivity index (χ4v) is 3.69. The van der Waals surface area contributed by atoms with Gasteiger partial charge in [-0.1, -0.05) is 0 Å². The Morgan fingerprint density at radius 1 is 1.26 bits per heavy atom. The Morgan fingerprint density at radius 3 is 2.71 bits per heavy atom. The Hall–Kier alpha value is -3.12. The van der Waals surface area contributed by atoms with Crippen LogP contribution in [0.25, 0.3) is 11.3 Å². The lowest BCUT2D eigenvalue weighted by atomic mass is 10.1. The van der Waals surface area contributed by atoms with Crippen molar-refractivity contribution in [3.63, 3.8) is 0 Å². The number of anilines is 2. The Morgan fingerprint density at radius 2 is 2.10 bits per heavy atom. The topological polar surface area (TPSA) is 107 Å². The Kier molecular flexibility index (Phi) is 5.83. The maximum Gasteiger partial charge on any atom is 0.447 e. The highest BCUT2D eigenvalue weighted by Crippen LogP contribution is 2.36. The molecule has 1 atom stereocenters. The Labute approximate surface area is 178 Å². The molecule has 1 amide bonds. The molecule has 0 aromatic carbocycles. The van der Waals surface area contributed by atoms with Crippen LogP contribution < -0.4 is 10.2 Å². The van der Waals surface area contributed by atoms with E-state index in [0.29, 0.717) is 36.6 Å². The van der Waals surface area contributed by atoms with Crippen molar-refractivity contribution in [3.8, 4) is 11.3 Å². The summed E-state index contributed by atoms with van der Waals surface area (Å²) in [7, 11) is 0. The summed E-state index contributed by atoms with van der Waals surface area (Å²) in [6.45, 7) is 1.07. The number of carbonyl (C=O) groups is 1. The third kappa shape index (κ3) is 5.14. The monoisotopic (exact) mass is 450 g/mol. The maximum absolute atomic E-state index is 12.7. The van der Waals surface area contributed by atoms with Crippen molar-refractivity contribution in [2.24, 2.45) is 0 Å². The summed E-state index contributed by atoms with van der Waals surface area (Å²) in [5.41, 5.74) is -2.61. The number of alkyl halides is 3. The van der Waals surface area contributed by atoms with E-state index in [1.807, 2.05) is 4.90 Å². The van der Waals surface area contributed by atoms with Gasteiger partial charge >= 0.3 is 5.51 Å². The quantitative estimate of drug-likeness (QED) is 0.512. The third-order valence-corrected chi connectivity index (χ3v) is 5.28. The smallest absolute Gasteiger partial charge is 0.391 e. The zero-order chi connectivity index (χ0) is 22.0. The first-order valence-electron chi connectivity index (χ1n) is 9.24. The van der Waals surface area contributed by atoms with Crippen molar-refractivity contribution >= 4 is 29.2 Å². The number of amides is 1. The molecular weight excluding hydrogens is 433 g/mol. The van der Waals surface area contributed by atoms with Crippen molar-refractivity contribution in [1.29, 1.82) is 0 Å². The summed E-state index contributed by atoms with van der Waals surface area (Å²) in [6, 6.07) is 5.93. The molecule has 3 aromatic rings. The number of thioether (sulfide) groups is 1. The molecule has 162 valence electrons. The number of pyridine rings is 2. The van der Waals surface area contributed by atoms with Gasteiger partial charge in [0, 0.05) is 42.8 Å². The first-order valence-corrected chi connectivity index (χ1v) is 10.1. The molecule has 4 rings (SSSR count). The zero-order valence-electron chi connectivity index (χ0n) is 15.9. The van der Waals surface area contributed by atoms with Crippen LogP contribution in [0.4, 0.5) is 24.7 Å². The van der Waals surface area contributed by atoms with Crippen molar-refractivity contribution < 1.29 is 23.1 Å². The highest BCUT2D eigenvalue weighted by molar-refractivity contribution is 8.00. The number of hydrogen-bond donors (Lipinski definition) is 3. The molecule has 3 N–H and O–H groups in total. The first-order chi connectivity index (χ1) is 14.8. The Balaban J connectivity index is 1.55. The van der Waals surface area contributed by atoms with Crippen LogP contribution in [0.5, 0.6) is 0 Å². The van der Waals surface area contributed by atoms with Crippen molar-refractivity contribution in [2.45, 2.75) is 23.1 Å². The van der Waals surface area contributed by atoms with E-state index in [0.717, 1.165) is 6.20 Å². The molecule has 1 saturated heterocycles. The van der Waals surface area contributed by atoms with Crippen molar-refractivity contribution in [2.75, 3.05) is 23.3 Å². The minimum absolute atomic E-state index is 0.217. The molecule has 1 fully saturated rings. The lowest BCUT2D eigenvalue weighted by Crippen LogP contribution is -2.23. The van der Waals surface area contributed by atoms with E-state index in [1.165, 1.54) is 18.3 Å². The number of β-amino-alcohol motifs (C(OH)–C–C–N with tert-alkyl or cyclic N) is 1. The van der Waals surface area contributed by atoms with Gasteiger partial charge in [0.1, 0.15) is 10.8 Å². The van der Waals surface area contributed by atoms with Gasteiger partial charge in [0.05, 0.1) is 29.2 Å². The lowest BCUT2D eigenvalue weighted by molar-refractivity contribution is -0.0329. The molecule has 8 nitrogen and oxygen atoms in total. The van der Waals surface area contributed by atoms with E-state index in [-0.39, 0.29) is 28.0 Å². The van der Waals surface area contributed by atoms with Gasteiger partial charge in [-0.25, -0.2) is 9.97 Å². The van der Waals surface area contributed by atoms with Crippen LogP contribution in [0.15, 0.2) is 47.9 Å². The number of nitrogens with one attached hydrogen (secondary N) is 2.